The third-order valence-corrected chi connectivity index (χ3v) is 4.03. The molecule has 1 aromatic rings. The third-order valence-electron chi connectivity index (χ3n) is 2.14. The van der Waals surface area contributed by atoms with Crippen molar-refractivity contribution >= 4 is 9.84 Å². The Kier molecular flexibility index (Phi) is 4.28. The van der Waals surface area contributed by atoms with E-state index in [9.17, 15) is 8.42 Å². The van der Waals surface area contributed by atoms with Gasteiger partial charge in [-0.15, -0.1) is 0 Å². The van der Waals surface area contributed by atoms with Crippen LogP contribution in [0.25, 0.3) is 0 Å². The number of nitrogens with one attached hydrogen (secondary N) is 2. The molecular formula is C9H17N3O2S. The lowest BCUT2D eigenvalue weighted by Crippen LogP contribution is -2.33. The lowest BCUT2D eigenvalue weighted by molar-refractivity contribution is 0.554. The Morgan fingerprint density at radius 3 is 2.87 bits per heavy atom. The summed E-state index contributed by atoms with van der Waals surface area (Å²) in [6, 6.07) is -0.0433. The molecule has 1 atom stereocenters. The Hall–Kier alpha value is -0.880. The minimum Gasteiger partial charge on any atom is -0.347 e. The van der Waals surface area contributed by atoms with Gasteiger partial charge >= 0.3 is 0 Å². The maximum absolute atomic E-state index is 11.3. The van der Waals surface area contributed by atoms with Crippen LogP contribution in [-0.4, -0.2) is 35.9 Å². The largest absolute Gasteiger partial charge is 0.347 e. The van der Waals surface area contributed by atoms with Gasteiger partial charge in [0.25, 0.3) is 0 Å². The van der Waals surface area contributed by atoms with Crippen molar-refractivity contribution < 1.29 is 8.42 Å². The summed E-state index contributed by atoms with van der Waals surface area (Å²) in [6.45, 7) is 4.14. The van der Waals surface area contributed by atoms with Gasteiger partial charge in [-0.05, 0) is 6.92 Å². The highest BCUT2D eigenvalue weighted by molar-refractivity contribution is 7.91. The predicted octanol–water partition coefficient (Wildman–Crippen LogP) is 0.322. The van der Waals surface area contributed by atoms with E-state index in [4.69, 9.17) is 0 Å². The van der Waals surface area contributed by atoms with Gasteiger partial charge in [0, 0.05) is 30.2 Å². The zero-order valence-electron chi connectivity index (χ0n) is 9.03. The Labute approximate surface area is 90.2 Å². The van der Waals surface area contributed by atoms with Gasteiger partial charge in [0.15, 0.2) is 9.84 Å². The van der Waals surface area contributed by atoms with Crippen LogP contribution in [0.1, 0.15) is 19.5 Å². The molecule has 0 aliphatic carbocycles. The van der Waals surface area contributed by atoms with Crippen LogP contribution in [0.15, 0.2) is 12.5 Å². The van der Waals surface area contributed by atoms with E-state index < -0.39 is 9.84 Å². The monoisotopic (exact) mass is 231 g/mol. The van der Waals surface area contributed by atoms with E-state index >= 15 is 0 Å². The van der Waals surface area contributed by atoms with Crippen LogP contribution in [-0.2, 0) is 16.4 Å². The Morgan fingerprint density at radius 1 is 1.60 bits per heavy atom. The van der Waals surface area contributed by atoms with Crippen LogP contribution < -0.4 is 5.32 Å². The standard InChI is InChI=1S/C9H17N3O2S/c1-3-15(13,14)6-8(2)11-5-9-4-10-7-12-9/h4,7-8,11H,3,5-6H2,1-2H3,(H,10,12). The van der Waals surface area contributed by atoms with E-state index in [2.05, 4.69) is 15.3 Å². The SMILES string of the molecule is CCS(=O)(=O)CC(C)NCc1cnc[nH]1. The van der Waals surface area contributed by atoms with Crippen molar-refractivity contribution in [2.24, 2.45) is 0 Å². The molecule has 1 rings (SSSR count). The summed E-state index contributed by atoms with van der Waals surface area (Å²) >= 11 is 0. The molecule has 0 amide bonds. The first-order valence-corrected chi connectivity index (χ1v) is 6.76. The number of imidazole rings is 1. The molecule has 0 saturated heterocycles. The average molecular weight is 231 g/mol. The van der Waals surface area contributed by atoms with E-state index in [1.54, 1.807) is 19.4 Å². The molecule has 0 bridgehead atoms. The first-order valence-electron chi connectivity index (χ1n) is 4.94. The highest BCUT2D eigenvalue weighted by Gasteiger charge is 2.12. The molecule has 15 heavy (non-hydrogen) atoms. The van der Waals surface area contributed by atoms with Crippen molar-refractivity contribution in [3.63, 3.8) is 0 Å². The summed E-state index contributed by atoms with van der Waals surface area (Å²) in [5.74, 6) is 0.376. The summed E-state index contributed by atoms with van der Waals surface area (Å²) in [7, 11) is -2.90. The number of hydrogen-bond donors (Lipinski definition) is 2. The van der Waals surface area contributed by atoms with E-state index in [0.29, 0.717) is 6.54 Å². The normalized spacial score (nSPS) is 14.0. The summed E-state index contributed by atoms with van der Waals surface area (Å²) in [5, 5.41) is 3.13. The van der Waals surface area contributed by atoms with Crippen molar-refractivity contribution in [1.29, 1.82) is 0 Å². The van der Waals surface area contributed by atoms with Crippen LogP contribution in [0.3, 0.4) is 0 Å². The molecule has 0 aliphatic rings. The van der Waals surface area contributed by atoms with E-state index in [1.165, 1.54) is 0 Å². The molecule has 1 unspecified atom stereocenters. The fourth-order valence-corrected chi connectivity index (χ4v) is 2.34. The molecule has 0 spiro atoms. The fraction of sp³-hybridized carbons (Fsp3) is 0.667. The van der Waals surface area contributed by atoms with E-state index in [1.807, 2.05) is 6.92 Å². The van der Waals surface area contributed by atoms with Gasteiger partial charge in [-0.2, -0.15) is 0 Å². The van der Waals surface area contributed by atoms with Gasteiger partial charge in [-0.25, -0.2) is 13.4 Å². The molecule has 0 saturated carbocycles. The number of hydrogen-bond acceptors (Lipinski definition) is 4. The molecule has 0 radical (unpaired) electrons. The molecular weight excluding hydrogens is 214 g/mol. The zero-order valence-corrected chi connectivity index (χ0v) is 9.84. The maximum atomic E-state index is 11.3. The topological polar surface area (TPSA) is 74.8 Å². The highest BCUT2D eigenvalue weighted by atomic mass is 32.2. The molecule has 0 aromatic carbocycles. The van der Waals surface area contributed by atoms with Gasteiger partial charge < -0.3 is 10.3 Å². The van der Waals surface area contributed by atoms with Crippen molar-refractivity contribution in [3.8, 4) is 0 Å². The van der Waals surface area contributed by atoms with Crippen LogP contribution in [0, 0.1) is 0 Å². The Balaban J connectivity index is 2.34. The molecule has 5 nitrogen and oxygen atoms in total. The quantitative estimate of drug-likeness (QED) is 0.739. The van der Waals surface area contributed by atoms with Crippen molar-refractivity contribution in [2.45, 2.75) is 26.4 Å². The van der Waals surface area contributed by atoms with Crippen LogP contribution in [0.2, 0.25) is 0 Å². The van der Waals surface area contributed by atoms with Crippen molar-refractivity contribution in [2.75, 3.05) is 11.5 Å². The number of aromatic nitrogens is 2. The van der Waals surface area contributed by atoms with Gasteiger partial charge in [0.2, 0.25) is 0 Å². The Morgan fingerprint density at radius 2 is 2.33 bits per heavy atom. The number of aromatic amines is 1. The second-order valence-corrected chi connectivity index (χ2v) is 5.96. The molecule has 1 aromatic heterocycles. The van der Waals surface area contributed by atoms with Gasteiger partial charge in [0.1, 0.15) is 0 Å². The lowest BCUT2D eigenvalue weighted by Gasteiger charge is -2.12. The number of nitrogens with zero attached hydrogens (tertiary/aromatic N) is 1. The van der Waals surface area contributed by atoms with Gasteiger partial charge in [-0.3, -0.25) is 0 Å². The third kappa shape index (κ3) is 4.44. The van der Waals surface area contributed by atoms with Crippen molar-refractivity contribution in [3.05, 3.63) is 18.2 Å². The summed E-state index contributed by atoms with van der Waals surface area (Å²) in [4.78, 5) is 6.82. The van der Waals surface area contributed by atoms with Gasteiger partial charge in [0.05, 0.1) is 12.1 Å². The number of rotatable bonds is 6. The maximum Gasteiger partial charge on any atom is 0.151 e. The summed E-state index contributed by atoms with van der Waals surface area (Å²) in [5.41, 5.74) is 0.954. The van der Waals surface area contributed by atoms with E-state index in [-0.39, 0.29) is 17.5 Å². The molecule has 0 fully saturated rings. The second-order valence-electron chi connectivity index (χ2n) is 3.56. The molecule has 1 heterocycles. The minimum atomic E-state index is -2.90. The predicted molar refractivity (Wildman–Crippen MR) is 59.2 cm³/mol. The number of H-pyrrole nitrogens is 1. The van der Waals surface area contributed by atoms with Crippen LogP contribution in [0.4, 0.5) is 0 Å². The summed E-state index contributed by atoms with van der Waals surface area (Å²) < 4.78 is 22.6. The fourth-order valence-electron chi connectivity index (χ4n) is 1.22. The average Bonchev–Trinajstić information content (AvgIpc) is 2.66. The molecule has 2 N–H and O–H groups in total. The lowest BCUT2D eigenvalue weighted by atomic mass is 10.3. The van der Waals surface area contributed by atoms with Crippen molar-refractivity contribution in [1.82, 2.24) is 15.3 Å². The number of sulfone groups is 1. The van der Waals surface area contributed by atoms with Crippen LogP contribution >= 0.6 is 0 Å². The highest BCUT2D eigenvalue weighted by Crippen LogP contribution is 1.96. The summed E-state index contributed by atoms with van der Waals surface area (Å²) in [6.07, 6.45) is 3.32. The molecule has 86 valence electrons. The first-order chi connectivity index (χ1) is 7.03. The first kappa shape index (κ1) is 12.2. The molecule has 0 aliphatic heterocycles. The second kappa shape index (κ2) is 5.27. The Bertz CT molecular complexity index is 372. The molecule has 6 heteroatoms. The van der Waals surface area contributed by atoms with Crippen LogP contribution in [0.5, 0.6) is 0 Å². The minimum absolute atomic E-state index is 0.0433. The zero-order chi connectivity index (χ0) is 11.3. The smallest absolute Gasteiger partial charge is 0.151 e. The van der Waals surface area contributed by atoms with E-state index in [0.717, 1.165) is 5.69 Å². The van der Waals surface area contributed by atoms with Gasteiger partial charge in [-0.1, -0.05) is 6.92 Å².